The monoisotopic (exact) mass is 322 g/mol. The molecule has 0 bridgehead atoms. The molecule has 0 aliphatic heterocycles. The van der Waals surface area contributed by atoms with E-state index in [0.29, 0.717) is 10.4 Å². The molecule has 1 aromatic heterocycles. The molecule has 7 heteroatoms. The summed E-state index contributed by atoms with van der Waals surface area (Å²) in [6.45, 7) is 4.32. The second-order valence-electron chi connectivity index (χ2n) is 4.16. The zero-order valence-electron chi connectivity index (χ0n) is 11.4. The van der Waals surface area contributed by atoms with Crippen LogP contribution in [0.25, 0.3) is 10.2 Å². The molecule has 0 spiro atoms. The number of thioether (sulfide) groups is 2. The van der Waals surface area contributed by atoms with Crippen LogP contribution in [0.15, 0.2) is 27.5 Å². The third-order valence-electron chi connectivity index (χ3n) is 2.28. The van der Waals surface area contributed by atoms with E-state index < -0.39 is 0 Å². The van der Waals surface area contributed by atoms with Crippen LogP contribution in [0.4, 0.5) is 5.69 Å². The van der Waals surface area contributed by atoms with Crippen molar-refractivity contribution in [2.45, 2.75) is 23.4 Å². The predicted octanol–water partition coefficient (Wildman–Crippen LogP) is 4.22. The van der Waals surface area contributed by atoms with Crippen LogP contribution >= 0.6 is 34.9 Å². The Kier molecular flexibility index (Phi) is 5.29. The third kappa shape index (κ3) is 3.88. The molecule has 0 unspecified atom stereocenters. The normalized spacial score (nSPS) is 11.8. The number of benzene rings is 1. The number of aliphatic imine (C=N–C) groups is 1. The average Bonchev–Trinajstić information content (AvgIpc) is 2.78. The van der Waals surface area contributed by atoms with Crippen molar-refractivity contribution >= 4 is 55.9 Å². The first-order chi connectivity index (χ1) is 9.62. The summed E-state index contributed by atoms with van der Waals surface area (Å²) in [5, 5.41) is 12.3. The molecular weight excluding hydrogens is 308 g/mol. The Morgan fingerprint density at radius 1 is 1.50 bits per heavy atom. The number of nitrogens with one attached hydrogen (secondary N) is 1. The molecule has 1 N–H and O–H groups in total. The second kappa shape index (κ2) is 6.97. The van der Waals surface area contributed by atoms with Crippen molar-refractivity contribution in [2.75, 3.05) is 6.26 Å². The first-order valence-electron chi connectivity index (χ1n) is 5.97. The molecule has 0 atom stereocenters. The van der Waals surface area contributed by atoms with E-state index >= 15 is 0 Å². The standard InChI is InChI=1S/C13H14N4S3/c1-8(2)19-13-17-10-5-4-9(6-11(10)20-13)16-12(18-3)15-7-14/h4-6,8H,1-3H3,(H,15,16). The lowest BCUT2D eigenvalue weighted by Gasteiger charge is -1.99. The summed E-state index contributed by atoms with van der Waals surface area (Å²) in [7, 11) is 0. The van der Waals surface area contributed by atoms with E-state index in [4.69, 9.17) is 5.26 Å². The zero-order chi connectivity index (χ0) is 14.5. The minimum absolute atomic E-state index is 0.524. The maximum atomic E-state index is 8.64. The summed E-state index contributed by atoms with van der Waals surface area (Å²) in [5.41, 5.74) is 1.82. The van der Waals surface area contributed by atoms with Gasteiger partial charge in [0.15, 0.2) is 15.7 Å². The van der Waals surface area contributed by atoms with E-state index in [0.717, 1.165) is 20.2 Å². The maximum absolute atomic E-state index is 8.64. The van der Waals surface area contributed by atoms with Gasteiger partial charge in [0.2, 0.25) is 0 Å². The summed E-state index contributed by atoms with van der Waals surface area (Å²) in [4.78, 5) is 8.99. The van der Waals surface area contributed by atoms with Gasteiger partial charge in [-0.2, -0.15) is 5.26 Å². The highest BCUT2D eigenvalue weighted by Crippen LogP contribution is 2.33. The van der Waals surface area contributed by atoms with Crippen LogP contribution in [0.2, 0.25) is 0 Å². The van der Waals surface area contributed by atoms with Crippen LogP contribution in [0.5, 0.6) is 0 Å². The van der Waals surface area contributed by atoms with Gasteiger partial charge in [-0.3, -0.25) is 5.32 Å². The van der Waals surface area contributed by atoms with E-state index in [1.807, 2.05) is 30.6 Å². The highest BCUT2D eigenvalue weighted by Gasteiger charge is 2.07. The molecule has 0 aliphatic rings. The number of hydrogen-bond donors (Lipinski definition) is 1. The van der Waals surface area contributed by atoms with Gasteiger partial charge in [0, 0.05) is 5.25 Å². The Labute approximate surface area is 130 Å². The summed E-state index contributed by atoms with van der Waals surface area (Å²) in [6, 6.07) is 5.90. The molecule has 0 fully saturated rings. The predicted molar refractivity (Wildman–Crippen MR) is 90.0 cm³/mol. The summed E-state index contributed by atoms with van der Waals surface area (Å²) in [5.74, 6) is 0. The second-order valence-corrected chi connectivity index (χ2v) is 7.81. The van der Waals surface area contributed by atoms with Crippen LogP contribution in [-0.4, -0.2) is 21.7 Å². The van der Waals surface area contributed by atoms with Gasteiger partial charge in [-0.25, -0.2) is 9.98 Å². The fourth-order valence-corrected chi connectivity index (χ4v) is 4.17. The molecule has 1 aromatic carbocycles. The van der Waals surface area contributed by atoms with Crippen molar-refractivity contribution in [1.82, 2.24) is 10.3 Å². The molecule has 0 saturated heterocycles. The first-order valence-corrected chi connectivity index (χ1v) is 8.89. The molecule has 1 heterocycles. The van der Waals surface area contributed by atoms with E-state index in [9.17, 15) is 0 Å². The van der Waals surface area contributed by atoms with E-state index in [-0.39, 0.29) is 0 Å². The Morgan fingerprint density at radius 2 is 2.30 bits per heavy atom. The molecule has 0 radical (unpaired) electrons. The summed E-state index contributed by atoms with van der Waals surface area (Å²) < 4.78 is 2.20. The summed E-state index contributed by atoms with van der Waals surface area (Å²) >= 11 is 4.86. The van der Waals surface area contributed by atoms with Gasteiger partial charge in [0.25, 0.3) is 0 Å². The number of nitriles is 1. The van der Waals surface area contributed by atoms with Crippen molar-refractivity contribution < 1.29 is 0 Å². The van der Waals surface area contributed by atoms with Gasteiger partial charge >= 0.3 is 0 Å². The Balaban J connectivity index is 2.31. The van der Waals surface area contributed by atoms with Gasteiger partial charge < -0.3 is 0 Å². The average molecular weight is 322 g/mol. The Morgan fingerprint density at radius 3 is 2.95 bits per heavy atom. The number of amidine groups is 1. The number of nitrogens with zero attached hydrogens (tertiary/aromatic N) is 3. The SMILES string of the molecule is CSC(=Nc1ccc2nc(SC(C)C)sc2c1)NC#N. The lowest BCUT2D eigenvalue weighted by Crippen LogP contribution is -2.12. The minimum Gasteiger partial charge on any atom is -0.271 e. The quantitative estimate of drug-likeness (QED) is 0.301. The lowest BCUT2D eigenvalue weighted by atomic mass is 10.3. The highest BCUT2D eigenvalue weighted by molar-refractivity contribution is 8.13. The Bertz CT molecular complexity index is 670. The number of fused-ring (bicyclic) bond motifs is 1. The fraction of sp³-hybridized carbons (Fsp3) is 0.308. The van der Waals surface area contributed by atoms with Gasteiger partial charge in [0.1, 0.15) is 0 Å². The molecule has 0 saturated carbocycles. The van der Waals surface area contributed by atoms with E-state index in [1.54, 1.807) is 23.1 Å². The molecule has 0 aliphatic carbocycles. The van der Waals surface area contributed by atoms with Crippen LogP contribution in [-0.2, 0) is 0 Å². The Hall–Kier alpha value is -1.23. The topological polar surface area (TPSA) is 61.1 Å². The lowest BCUT2D eigenvalue weighted by molar-refractivity contribution is 1.10. The van der Waals surface area contributed by atoms with Crippen LogP contribution in [0, 0.1) is 11.5 Å². The van der Waals surface area contributed by atoms with E-state index in [2.05, 4.69) is 29.1 Å². The van der Waals surface area contributed by atoms with Crippen LogP contribution in [0.3, 0.4) is 0 Å². The maximum Gasteiger partial charge on any atom is 0.183 e. The van der Waals surface area contributed by atoms with Crippen molar-refractivity contribution in [3.8, 4) is 6.19 Å². The molecule has 4 nitrogen and oxygen atoms in total. The largest absolute Gasteiger partial charge is 0.271 e. The number of thiazole rings is 1. The number of rotatable bonds is 3. The van der Waals surface area contributed by atoms with Gasteiger partial charge in [-0.05, 0) is 24.5 Å². The van der Waals surface area contributed by atoms with Crippen LogP contribution < -0.4 is 5.32 Å². The number of hydrogen-bond acceptors (Lipinski definition) is 6. The van der Waals surface area contributed by atoms with Crippen molar-refractivity contribution in [2.24, 2.45) is 4.99 Å². The molecule has 2 rings (SSSR count). The molecule has 20 heavy (non-hydrogen) atoms. The first kappa shape index (κ1) is 15.2. The zero-order valence-corrected chi connectivity index (χ0v) is 13.8. The molecular formula is C13H14N4S3. The van der Waals surface area contributed by atoms with Gasteiger partial charge in [-0.15, -0.1) is 11.3 Å². The highest BCUT2D eigenvalue weighted by atomic mass is 32.2. The third-order valence-corrected chi connectivity index (χ3v) is 4.97. The molecule has 2 aromatic rings. The smallest absolute Gasteiger partial charge is 0.183 e. The number of aromatic nitrogens is 1. The molecule has 104 valence electrons. The van der Waals surface area contributed by atoms with Crippen molar-refractivity contribution in [3.63, 3.8) is 0 Å². The summed E-state index contributed by atoms with van der Waals surface area (Å²) in [6.07, 6.45) is 3.77. The van der Waals surface area contributed by atoms with Crippen LogP contribution in [0.1, 0.15) is 13.8 Å². The van der Waals surface area contributed by atoms with E-state index in [1.165, 1.54) is 11.8 Å². The van der Waals surface area contributed by atoms with Gasteiger partial charge in [-0.1, -0.05) is 37.4 Å². The van der Waals surface area contributed by atoms with Crippen molar-refractivity contribution in [3.05, 3.63) is 18.2 Å². The fourth-order valence-electron chi connectivity index (χ4n) is 1.50. The minimum atomic E-state index is 0.524. The molecule has 0 amide bonds. The van der Waals surface area contributed by atoms with Crippen molar-refractivity contribution in [1.29, 1.82) is 5.26 Å². The van der Waals surface area contributed by atoms with Gasteiger partial charge in [0.05, 0.1) is 15.9 Å².